The highest BCUT2D eigenvalue weighted by Gasteiger charge is 2.25. The lowest BCUT2D eigenvalue weighted by Crippen LogP contribution is -2.35. The van der Waals surface area contributed by atoms with Gasteiger partial charge in [0.1, 0.15) is 5.52 Å². The van der Waals surface area contributed by atoms with Crippen molar-refractivity contribution in [3.63, 3.8) is 0 Å². The lowest BCUT2D eigenvalue weighted by molar-refractivity contribution is -0.125. The molecule has 0 aliphatic heterocycles. The van der Waals surface area contributed by atoms with Crippen molar-refractivity contribution in [3.05, 3.63) is 60.0 Å². The topological polar surface area (TPSA) is 88.9 Å². The van der Waals surface area contributed by atoms with E-state index in [1.165, 1.54) is 5.56 Å². The van der Waals surface area contributed by atoms with Crippen LogP contribution in [0, 0.1) is 11.8 Å². The lowest BCUT2D eigenvalue weighted by atomic mass is 9.81. The number of hydrogen-bond donors (Lipinski definition) is 2. The first-order chi connectivity index (χ1) is 15.1. The van der Waals surface area contributed by atoms with E-state index in [4.69, 9.17) is 0 Å². The number of pyridine rings is 1. The molecule has 2 N–H and O–H groups in total. The third-order valence-electron chi connectivity index (χ3n) is 6.22. The van der Waals surface area contributed by atoms with Crippen LogP contribution in [0.25, 0.3) is 11.2 Å². The Morgan fingerprint density at radius 2 is 1.87 bits per heavy atom. The molecule has 1 aromatic carbocycles. The highest BCUT2D eigenvalue weighted by Crippen LogP contribution is 2.28. The van der Waals surface area contributed by atoms with Crippen LogP contribution in [0.4, 0.5) is 0 Å². The van der Waals surface area contributed by atoms with Gasteiger partial charge in [0, 0.05) is 32.3 Å². The van der Waals surface area contributed by atoms with Crippen molar-refractivity contribution >= 4 is 23.0 Å². The Morgan fingerprint density at radius 3 is 2.61 bits per heavy atom. The van der Waals surface area contributed by atoms with Crippen LogP contribution in [0.2, 0.25) is 0 Å². The normalized spacial score (nSPS) is 18.6. The molecule has 1 saturated carbocycles. The maximum absolute atomic E-state index is 12.6. The summed E-state index contributed by atoms with van der Waals surface area (Å²) in [4.78, 5) is 33.3. The minimum atomic E-state index is -0.123. The van der Waals surface area contributed by atoms with Crippen molar-refractivity contribution in [2.75, 3.05) is 13.6 Å². The summed E-state index contributed by atoms with van der Waals surface area (Å²) in [6, 6.07) is 12.1. The SMILES string of the molecule is CNC(=O)C1CCC(CNC(=O)c2cnc3c(c2)ncn3CCc2ccccc2)CC1. The van der Waals surface area contributed by atoms with Gasteiger partial charge in [0.2, 0.25) is 5.91 Å². The van der Waals surface area contributed by atoms with Gasteiger partial charge in [0.05, 0.1) is 11.9 Å². The number of aromatic nitrogens is 3. The van der Waals surface area contributed by atoms with Gasteiger partial charge in [-0.05, 0) is 49.7 Å². The first kappa shape index (κ1) is 21.0. The van der Waals surface area contributed by atoms with Crippen molar-refractivity contribution in [3.8, 4) is 0 Å². The molecule has 0 radical (unpaired) electrons. The fraction of sp³-hybridized carbons (Fsp3) is 0.417. The highest BCUT2D eigenvalue weighted by molar-refractivity contribution is 5.96. The Balaban J connectivity index is 1.31. The molecular formula is C24H29N5O2. The number of nitrogens with one attached hydrogen (secondary N) is 2. The fourth-order valence-corrected chi connectivity index (χ4v) is 4.30. The molecule has 0 saturated heterocycles. The lowest BCUT2D eigenvalue weighted by Gasteiger charge is -2.27. The van der Waals surface area contributed by atoms with Gasteiger partial charge in [-0.1, -0.05) is 30.3 Å². The summed E-state index contributed by atoms with van der Waals surface area (Å²) in [7, 11) is 1.69. The first-order valence-corrected chi connectivity index (χ1v) is 11.0. The predicted molar refractivity (Wildman–Crippen MR) is 120 cm³/mol. The van der Waals surface area contributed by atoms with E-state index in [2.05, 4.69) is 32.7 Å². The number of fused-ring (bicyclic) bond motifs is 1. The van der Waals surface area contributed by atoms with Gasteiger partial charge in [-0.25, -0.2) is 9.97 Å². The number of aryl methyl sites for hydroxylation is 2. The zero-order valence-electron chi connectivity index (χ0n) is 17.9. The summed E-state index contributed by atoms with van der Waals surface area (Å²) in [6.45, 7) is 1.42. The summed E-state index contributed by atoms with van der Waals surface area (Å²) in [5, 5.41) is 5.76. The molecule has 3 aromatic rings. The molecule has 1 aliphatic carbocycles. The fourth-order valence-electron chi connectivity index (χ4n) is 4.30. The van der Waals surface area contributed by atoms with Gasteiger partial charge < -0.3 is 15.2 Å². The predicted octanol–water partition coefficient (Wildman–Crippen LogP) is 2.96. The van der Waals surface area contributed by atoms with Crippen molar-refractivity contribution in [2.24, 2.45) is 11.8 Å². The zero-order chi connectivity index (χ0) is 21.6. The molecule has 1 aliphatic rings. The zero-order valence-corrected chi connectivity index (χ0v) is 17.9. The second-order valence-corrected chi connectivity index (χ2v) is 8.28. The third kappa shape index (κ3) is 5.10. The summed E-state index contributed by atoms with van der Waals surface area (Å²) >= 11 is 0. The number of benzene rings is 1. The van der Waals surface area contributed by atoms with E-state index in [-0.39, 0.29) is 17.7 Å². The van der Waals surface area contributed by atoms with Crippen LogP contribution in [0.3, 0.4) is 0 Å². The van der Waals surface area contributed by atoms with E-state index in [9.17, 15) is 9.59 Å². The van der Waals surface area contributed by atoms with Crippen LogP contribution < -0.4 is 10.6 Å². The van der Waals surface area contributed by atoms with Gasteiger partial charge in [0.25, 0.3) is 5.91 Å². The van der Waals surface area contributed by atoms with E-state index >= 15 is 0 Å². The molecule has 162 valence electrons. The second-order valence-electron chi connectivity index (χ2n) is 8.28. The molecule has 2 heterocycles. The summed E-state index contributed by atoms with van der Waals surface area (Å²) < 4.78 is 2.02. The maximum Gasteiger partial charge on any atom is 0.252 e. The first-order valence-electron chi connectivity index (χ1n) is 11.0. The summed E-state index contributed by atoms with van der Waals surface area (Å²) in [5.74, 6) is 0.533. The van der Waals surface area contributed by atoms with Crippen LogP contribution in [-0.2, 0) is 17.8 Å². The van der Waals surface area contributed by atoms with E-state index in [0.717, 1.165) is 49.8 Å². The van der Waals surface area contributed by atoms with Crippen LogP contribution in [-0.4, -0.2) is 39.9 Å². The number of imidazole rings is 1. The Hall–Kier alpha value is -3.22. The van der Waals surface area contributed by atoms with Gasteiger partial charge >= 0.3 is 0 Å². The monoisotopic (exact) mass is 419 g/mol. The molecule has 31 heavy (non-hydrogen) atoms. The Morgan fingerprint density at radius 1 is 1.10 bits per heavy atom. The largest absolute Gasteiger partial charge is 0.359 e. The maximum atomic E-state index is 12.6. The van der Waals surface area contributed by atoms with E-state index in [0.29, 0.717) is 18.0 Å². The highest BCUT2D eigenvalue weighted by atomic mass is 16.2. The van der Waals surface area contributed by atoms with Crippen molar-refractivity contribution in [1.82, 2.24) is 25.2 Å². The van der Waals surface area contributed by atoms with Gasteiger partial charge in [-0.3, -0.25) is 9.59 Å². The number of nitrogens with zero attached hydrogens (tertiary/aromatic N) is 3. The molecule has 1 fully saturated rings. The van der Waals surface area contributed by atoms with Crippen LogP contribution in [0.15, 0.2) is 48.9 Å². The minimum absolute atomic E-state index is 0.112. The molecule has 0 bridgehead atoms. The van der Waals surface area contributed by atoms with E-state index in [1.807, 2.05) is 22.8 Å². The number of carbonyl (C=O) groups is 2. The van der Waals surface area contributed by atoms with Crippen molar-refractivity contribution in [2.45, 2.75) is 38.6 Å². The quantitative estimate of drug-likeness (QED) is 0.616. The molecule has 7 nitrogen and oxygen atoms in total. The van der Waals surface area contributed by atoms with Gasteiger partial charge in [-0.15, -0.1) is 0 Å². The second kappa shape index (κ2) is 9.73. The molecule has 0 unspecified atom stereocenters. The van der Waals surface area contributed by atoms with Crippen LogP contribution >= 0.6 is 0 Å². The number of rotatable bonds is 7. The smallest absolute Gasteiger partial charge is 0.252 e. The average molecular weight is 420 g/mol. The third-order valence-corrected chi connectivity index (χ3v) is 6.22. The van der Waals surface area contributed by atoms with E-state index in [1.54, 1.807) is 25.6 Å². The molecule has 2 amide bonds. The Bertz CT molecular complexity index is 1040. The Labute approximate surface area is 182 Å². The molecular weight excluding hydrogens is 390 g/mol. The summed E-state index contributed by atoms with van der Waals surface area (Å²) in [5.41, 5.74) is 3.32. The molecule has 2 aromatic heterocycles. The number of carbonyl (C=O) groups excluding carboxylic acids is 2. The van der Waals surface area contributed by atoms with Crippen LogP contribution in [0.1, 0.15) is 41.6 Å². The Kier molecular flexibility index (Phi) is 6.60. The molecule has 7 heteroatoms. The minimum Gasteiger partial charge on any atom is -0.359 e. The van der Waals surface area contributed by atoms with Crippen molar-refractivity contribution in [1.29, 1.82) is 0 Å². The summed E-state index contributed by atoms with van der Waals surface area (Å²) in [6.07, 6.45) is 8.00. The van der Waals surface area contributed by atoms with E-state index < -0.39 is 0 Å². The standard InChI is InChI=1S/C24H29N5O2/c1-25-23(30)19-9-7-18(8-10-19)14-27-24(31)20-13-21-22(26-15-20)29(16-28-21)12-11-17-5-3-2-4-6-17/h2-6,13,15-16,18-19H,7-12,14H2,1H3,(H,25,30)(H,27,31). The molecule has 0 spiro atoms. The van der Waals surface area contributed by atoms with Gasteiger partial charge in [-0.2, -0.15) is 0 Å². The van der Waals surface area contributed by atoms with Gasteiger partial charge in [0.15, 0.2) is 5.65 Å². The van der Waals surface area contributed by atoms with Crippen molar-refractivity contribution < 1.29 is 9.59 Å². The number of amides is 2. The number of hydrogen-bond acceptors (Lipinski definition) is 4. The molecule has 4 rings (SSSR count). The average Bonchev–Trinajstić information content (AvgIpc) is 3.24. The van der Waals surface area contributed by atoms with Crippen LogP contribution in [0.5, 0.6) is 0 Å². The molecule has 0 atom stereocenters.